The van der Waals surface area contributed by atoms with Crippen molar-refractivity contribution in [3.63, 3.8) is 0 Å². The maximum atomic E-state index is 14.3. The van der Waals surface area contributed by atoms with Gasteiger partial charge in [0, 0.05) is 18.7 Å². The van der Waals surface area contributed by atoms with E-state index in [0.717, 1.165) is 93.0 Å². The van der Waals surface area contributed by atoms with E-state index in [-0.39, 0.29) is 72.2 Å². The van der Waals surface area contributed by atoms with Gasteiger partial charge in [0.25, 0.3) is 0 Å². The Morgan fingerprint density at radius 2 is 0.986 bits per heavy atom. The van der Waals surface area contributed by atoms with Crippen LogP contribution in [0.2, 0.25) is 0 Å². The molecule has 0 spiro atoms. The summed E-state index contributed by atoms with van der Waals surface area (Å²) in [6, 6.07) is 3.34. The van der Waals surface area contributed by atoms with Crippen LogP contribution in [0.4, 0.5) is 5.69 Å². The third-order valence-electron chi connectivity index (χ3n) is 16.6. The fraction of sp³-hybridized carbons (Fsp3) is 0.695. The molecule has 1 heterocycles. The zero-order valence-electron chi connectivity index (χ0n) is 43.9. The van der Waals surface area contributed by atoms with Gasteiger partial charge in [0.2, 0.25) is 0 Å². The number of ether oxygens (including phenoxy) is 5. The van der Waals surface area contributed by atoms with Crippen LogP contribution in [0.3, 0.4) is 0 Å². The molecular weight excluding hydrogens is 931 g/mol. The Hall–Kier alpha value is -4.39. The molecule has 0 unspecified atom stereocenters. The molecule has 0 bridgehead atoms. The lowest BCUT2D eigenvalue weighted by atomic mass is 9.68. The fourth-order valence-electron chi connectivity index (χ4n) is 12.3. The monoisotopic (exact) mass is 1020 g/mol. The number of nitrogens with zero attached hydrogens (tertiary/aromatic N) is 1. The maximum absolute atomic E-state index is 14.3. The van der Waals surface area contributed by atoms with Crippen LogP contribution in [-0.4, -0.2) is 62.0 Å². The minimum absolute atomic E-state index is 0.0303. The van der Waals surface area contributed by atoms with Crippen molar-refractivity contribution in [1.29, 1.82) is 0 Å². The van der Waals surface area contributed by atoms with Crippen molar-refractivity contribution in [1.82, 2.24) is 0 Å². The Kier molecular flexibility index (Phi) is 23.3. The lowest BCUT2D eigenvalue weighted by Crippen LogP contribution is -2.31. The Balaban J connectivity index is 1.22. The van der Waals surface area contributed by atoms with Crippen molar-refractivity contribution < 1.29 is 52.5 Å². The zero-order valence-corrected chi connectivity index (χ0v) is 44.7. The summed E-state index contributed by atoms with van der Waals surface area (Å²) >= 11 is 1.12. The second-order valence-electron chi connectivity index (χ2n) is 21.4. The topological polar surface area (TPSA) is 152 Å². The maximum Gasteiger partial charge on any atom is 0.344 e. The molecule has 0 atom stereocenters. The number of anilines is 1. The fourth-order valence-corrected chi connectivity index (χ4v) is 13.6. The summed E-state index contributed by atoms with van der Waals surface area (Å²) in [7, 11) is 0. The summed E-state index contributed by atoms with van der Waals surface area (Å²) in [4.78, 5) is 81.8. The molecule has 398 valence electrons. The minimum Gasteiger partial charge on any atom is -0.463 e. The lowest BCUT2D eigenvalue weighted by Gasteiger charge is -2.37. The average molecular weight is 1020 g/mol. The first-order valence-corrected chi connectivity index (χ1v) is 28.8. The third-order valence-corrected chi connectivity index (χ3v) is 17.8. The van der Waals surface area contributed by atoms with E-state index in [9.17, 15) is 28.8 Å². The van der Waals surface area contributed by atoms with E-state index in [2.05, 4.69) is 27.0 Å². The van der Waals surface area contributed by atoms with Gasteiger partial charge < -0.3 is 28.6 Å². The lowest BCUT2D eigenvalue weighted by molar-refractivity contribution is -0.142. The van der Waals surface area contributed by atoms with E-state index >= 15 is 0 Å². The summed E-state index contributed by atoms with van der Waals surface area (Å²) in [6.07, 6.45) is 29.1. The van der Waals surface area contributed by atoms with Gasteiger partial charge in [0.05, 0.1) is 41.6 Å². The quantitative estimate of drug-likeness (QED) is 0.0165. The van der Waals surface area contributed by atoms with E-state index in [4.69, 9.17) is 23.7 Å². The molecule has 0 aromatic heterocycles. The molecule has 0 radical (unpaired) electrons. The predicted octanol–water partition coefficient (Wildman–Crippen LogP) is 13.4. The number of fused-ring (bicyclic) bond motifs is 1. The minimum atomic E-state index is -0.833. The summed E-state index contributed by atoms with van der Waals surface area (Å²) in [5.74, 6) is 1.28. The number of Topliss-reactive ketones (excluding diaryl/α,β-unsaturated/α-hetero) is 1. The SMILES string of the molecule is C=CC(=O)OCCCCOC(=O)/C(C(C)=O)=C1\Sc2c(OC(=O)C3CCC(C4CCC(CCCC)CC4)CC3)ccc(OC(=O)C3CCC(C4CCC(CCCC)CC4)CC3)c2N1CCCCOC(=O)C=C. The van der Waals surface area contributed by atoms with Crippen LogP contribution in [0.1, 0.15) is 188 Å². The van der Waals surface area contributed by atoms with Gasteiger partial charge in [-0.3, -0.25) is 14.4 Å². The highest BCUT2D eigenvalue weighted by Gasteiger charge is 2.41. The standard InChI is InChI=1S/C59H85NO11S/c1-6-10-16-41-18-22-43(23-19-41)45-26-30-47(31-27-45)57(64)70-49-34-35-50(71-58(65)48-32-28-46(29-33-48)44-24-20-42(21-25-44)17-11-7-2)55-54(49)60(36-12-13-37-67-51(62)8-3)56(72-55)53(40(5)61)59(66)69-39-15-14-38-68-52(63)9-4/h8-9,34-35,41-48H,3-4,6-7,10-33,36-39H2,1-2,5H3/b56-53-. The van der Waals surface area contributed by atoms with Crippen LogP contribution in [0.15, 0.2) is 52.9 Å². The zero-order chi connectivity index (χ0) is 51.4. The molecule has 4 aliphatic carbocycles. The van der Waals surface area contributed by atoms with Gasteiger partial charge in [-0.15, -0.1) is 0 Å². The highest BCUT2D eigenvalue weighted by molar-refractivity contribution is 8.04. The molecule has 1 aromatic rings. The summed E-state index contributed by atoms with van der Waals surface area (Å²) < 4.78 is 28.8. The van der Waals surface area contributed by atoms with E-state index in [1.54, 1.807) is 17.0 Å². The van der Waals surface area contributed by atoms with E-state index in [0.29, 0.717) is 54.0 Å². The summed E-state index contributed by atoms with van der Waals surface area (Å²) in [6.45, 7) is 13.2. The number of unbranched alkanes of at least 4 members (excludes halogenated alkanes) is 4. The molecule has 0 saturated heterocycles. The number of rotatable bonds is 26. The highest BCUT2D eigenvalue weighted by atomic mass is 32.2. The third kappa shape index (κ3) is 16.3. The van der Waals surface area contributed by atoms with E-state index < -0.39 is 23.7 Å². The highest BCUT2D eigenvalue weighted by Crippen LogP contribution is 2.57. The molecule has 13 heteroatoms. The number of benzene rings is 1. The van der Waals surface area contributed by atoms with Crippen molar-refractivity contribution in [2.24, 2.45) is 47.3 Å². The first-order valence-electron chi connectivity index (χ1n) is 28.0. The summed E-state index contributed by atoms with van der Waals surface area (Å²) in [5.41, 5.74) is 0.233. The first kappa shape index (κ1) is 56.9. The van der Waals surface area contributed by atoms with Gasteiger partial charge in [0.15, 0.2) is 11.5 Å². The van der Waals surface area contributed by atoms with Crippen molar-refractivity contribution >= 4 is 53.1 Å². The summed E-state index contributed by atoms with van der Waals surface area (Å²) in [5, 5.41) is 0.265. The van der Waals surface area contributed by atoms with E-state index in [1.807, 2.05) is 0 Å². The molecule has 4 fully saturated rings. The largest absolute Gasteiger partial charge is 0.463 e. The number of carbonyl (C=O) groups excluding carboxylic acids is 6. The van der Waals surface area contributed by atoms with Gasteiger partial charge >= 0.3 is 29.8 Å². The predicted molar refractivity (Wildman–Crippen MR) is 281 cm³/mol. The number of hydrogen-bond acceptors (Lipinski definition) is 13. The van der Waals surface area contributed by atoms with Gasteiger partial charge in [-0.1, -0.05) is 103 Å². The Labute approximate surface area is 434 Å². The van der Waals surface area contributed by atoms with Crippen molar-refractivity contribution in [3.8, 4) is 11.5 Å². The molecule has 12 nitrogen and oxygen atoms in total. The Morgan fingerprint density at radius 1 is 0.569 bits per heavy atom. The molecule has 72 heavy (non-hydrogen) atoms. The molecule has 6 rings (SSSR count). The smallest absolute Gasteiger partial charge is 0.344 e. The second-order valence-corrected chi connectivity index (χ2v) is 22.4. The van der Waals surface area contributed by atoms with Crippen molar-refractivity contribution in [2.45, 2.75) is 193 Å². The Bertz CT molecular complexity index is 2030. The Morgan fingerprint density at radius 3 is 1.43 bits per heavy atom. The van der Waals surface area contributed by atoms with Crippen LogP contribution >= 0.6 is 11.8 Å². The van der Waals surface area contributed by atoms with Crippen LogP contribution in [0, 0.1) is 47.3 Å². The molecule has 0 amide bonds. The molecule has 5 aliphatic rings. The molecule has 1 aromatic carbocycles. The van der Waals surface area contributed by atoms with Crippen molar-refractivity contribution in [3.05, 3.63) is 48.0 Å². The van der Waals surface area contributed by atoms with Crippen LogP contribution in [0.5, 0.6) is 11.5 Å². The number of esters is 5. The normalized spacial score (nSPS) is 25.8. The van der Waals surface area contributed by atoms with Crippen LogP contribution in [-0.2, 0) is 43.0 Å². The van der Waals surface area contributed by atoms with Gasteiger partial charge in [-0.2, -0.15) is 0 Å². The molecule has 0 N–H and O–H groups in total. The molecule has 1 aliphatic heterocycles. The average Bonchev–Trinajstić information content (AvgIpc) is 3.77. The number of hydrogen-bond donors (Lipinski definition) is 0. The van der Waals surface area contributed by atoms with Crippen LogP contribution < -0.4 is 14.4 Å². The molecular formula is C59H85NO11S. The van der Waals surface area contributed by atoms with Gasteiger partial charge in [-0.25, -0.2) is 14.4 Å². The van der Waals surface area contributed by atoms with Crippen LogP contribution in [0.25, 0.3) is 0 Å². The van der Waals surface area contributed by atoms with E-state index in [1.165, 1.54) is 96.8 Å². The second kappa shape index (κ2) is 29.5. The number of thioether (sulfide) groups is 1. The molecule has 4 saturated carbocycles. The number of ketones is 1. The van der Waals surface area contributed by atoms with Crippen molar-refractivity contribution in [2.75, 3.05) is 31.3 Å². The number of carbonyl (C=O) groups is 6. The van der Waals surface area contributed by atoms with Gasteiger partial charge in [0.1, 0.15) is 17.0 Å². The van der Waals surface area contributed by atoms with Gasteiger partial charge in [-0.05, 0) is 157 Å². The first-order chi connectivity index (χ1) is 34.9.